The highest BCUT2D eigenvalue weighted by molar-refractivity contribution is 7.98. The fourth-order valence-corrected chi connectivity index (χ4v) is 3.36. The molecule has 0 saturated heterocycles. The standard InChI is InChI=1S/C19H23N3O4S/c1-11(13-4-6-15-16(10-13)26-9-8-25-15)20-17(23)7-5-14-12(2)21-19(27-3)22-18(14)24/h4,6,10-11H,5,7-9H2,1-3H3,(H,20,23)(H,21,22,24)/t11-/m0/s1. The molecular weight excluding hydrogens is 366 g/mol. The predicted octanol–water partition coefficient (Wildman–Crippen LogP) is 2.38. The number of benzene rings is 1. The highest BCUT2D eigenvalue weighted by Gasteiger charge is 2.16. The van der Waals surface area contributed by atoms with E-state index in [0.29, 0.717) is 41.8 Å². The van der Waals surface area contributed by atoms with Crippen molar-refractivity contribution >= 4 is 17.7 Å². The molecule has 0 radical (unpaired) electrons. The molecule has 0 bridgehead atoms. The van der Waals surface area contributed by atoms with E-state index in [0.717, 1.165) is 11.3 Å². The molecule has 2 N–H and O–H groups in total. The molecule has 1 aliphatic heterocycles. The molecule has 0 saturated carbocycles. The monoisotopic (exact) mass is 389 g/mol. The van der Waals surface area contributed by atoms with E-state index in [1.54, 1.807) is 6.92 Å². The SMILES string of the molecule is CSc1nc(C)c(CCC(=O)N[C@@H](C)c2ccc3c(c2)OCCO3)c(=O)[nH]1. The van der Waals surface area contributed by atoms with E-state index >= 15 is 0 Å². The number of aromatic amines is 1. The summed E-state index contributed by atoms with van der Waals surface area (Å²) in [5.74, 6) is 1.30. The van der Waals surface area contributed by atoms with Gasteiger partial charge in [-0.3, -0.25) is 9.59 Å². The molecule has 2 aromatic rings. The van der Waals surface area contributed by atoms with Gasteiger partial charge in [-0.1, -0.05) is 17.8 Å². The topological polar surface area (TPSA) is 93.3 Å². The largest absolute Gasteiger partial charge is 0.486 e. The first kappa shape index (κ1) is 19.3. The van der Waals surface area contributed by atoms with Crippen LogP contribution in [-0.4, -0.2) is 35.3 Å². The van der Waals surface area contributed by atoms with Gasteiger partial charge >= 0.3 is 0 Å². The van der Waals surface area contributed by atoms with Crippen LogP contribution in [0.15, 0.2) is 28.2 Å². The maximum absolute atomic E-state index is 12.3. The summed E-state index contributed by atoms with van der Waals surface area (Å²) in [5.41, 5.74) is 1.97. The van der Waals surface area contributed by atoms with E-state index in [9.17, 15) is 9.59 Å². The van der Waals surface area contributed by atoms with Gasteiger partial charge in [-0.25, -0.2) is 4.98 Å². The Labute approximate surface area is 161 Å². The van der Waals surface area contributed by atoms with Crippen LogP contribution >= 0.6 is 11.8 Å². The highest BCUT2D eigenvalue weighted by Crippen LogP contribution is 2.32. The van der Waals surface area contributed by atoms with Gasteiger partial charge in [0, 0.05) is 17.7 Å². The first-order chi connectivity index (χ1) is 13.0. The van der Waals surface area contributed by atoms with Gasteiger partial charge in [-0.05, 0) is 44.2 Å². The number of carbonyl (C=O) groups is 1. The minimum atomic E-state index is -0.181. The number of fused-ring (bicyclic) bond motifs is 1. The maximum Gasteiger partial charge on any atom is 0.254 e. The Kier molecular flexibility index (Phi) is 6.05. The number of aryl methyl sites for hydroxylation is 1. The number of ether oxygens (including phenoxy) is 2. The third-order valence-electron chi connectivity index (χ3n) is 4.44. The molecule has 2 heterocycles. The Hall–Kier alpha value is -2.48. The summed E-state index contributed by atoms with van der Waals surface area (Å²) in [6.45, 7) is 4.77. The number of hydrogen-bond donors (Lipinski definition) is 2. The predicted molar refractivity (Wildman–Crippen MR) is 104 cm³/mol. The summed E-state index contributed by atoms with van der Waals surface area (Å²) in [5, 5.41) is 3.54. The number of aromatic nitrogens is 2. The van der Waals surface area contributed by atoms with E-state index in [-0.39, 0.29) is 23.9 Å². The van der Waals surface area contributed by atoms with Crippen LogP contribution in [0.2, 0.25) is 0 Å². The lowest BCUT2D eigenvalue weighted by atomic mass is 10.1. The third kappa shape index (κ3) is 4.63. The van der Waals surface area contributed by atoms with Crippen molar-refractivity contribution in [2.75, 3.05) is 19.5 Å². The lowest BCUT2D eigenvalue weighted by Crippen LogP contribution is -2.28. The summed E-state index contributed by atoms with van der Waals surface area (Å²) >= 11 is 1.38. The van der Waals surface area contributed by atoms with Gasteiger partial charge in [0.25, 0.3) is 5.56 Å². The molecule has 1 aliphatic rings. The normalized spacial score (nSPS) is 13.9. The number of nitrogens with one attached hydrogen (secondary N) is 2. The van der Waals surface area contributed by atoms with Gasteiger partial charge in [-0.15, -0.1) is 0 Å². The van der Waals surface area contributed by atoms with Crippen molar-refractivity contribution in [1.82, 2.24) is 15.3 Å². The second-order valence-corrected chi connectivity index (χ2v) is 7.13. The average molecular weight is 389 g/mol. The summed E-state index contributed by atoms with van der Waals surface area (Å²) < 4.78 is 11.1. The first-order valence-electron chi connectivity index (χ1n) is 8.80. The molecule has 1 atom stereocenters. The van der Waals surface area contributed by atoms with Crippen molar-refractivity contribution in [3.8, 4) is 11.5 Å². The van der Waals surface area contributed by atoms with Crippen LogP contribution in [-0.2, 0) is 11.2 Å². The lowest BCUT2D eigenvalue weighted by Gasteiger charge is -2.21. The van der Waals surface area contributed by atoms with Crippen molar-refractivity contribution in [1.29, 1.82) is 0 Å². The molecule has 7 nitrogen and oxygen atoms in total. The Bertz CT molecular complexity index is 897. The second kappa shape index (κ2) is 8.47. The molecule has 27 heavy (non-hydrogen) atoms. The second-order valence-electron chi connectivity index (χ2n) is 6.33. The summed E-state index contributed by atoms with van der Waals surface area (Å²) in [6, 6.07) is 5.48. The Balaban J connectivity index is 1.60. The van der Waals surface area contributed by atoms with E-state index < -0.39 is 0 Å². The number of thioether (sulfide) groups is 1. The van der Waals surface area contributed by atoms with Gasteiger partial charge in [0.1, 0.15) is 13.2 Å². The number of hydrogen-bond acceptors (Lipinski definition) is 6. The molecule has 1 amide bonds. The van der Waals surface area contributed by atoms with E-state index in [1.165, 1.54) is 11.8 Å². The van der Waals surface area contributed by atoms with Gasteiger partial charge < -0.3 is 19.8 Å². The quantitative estimate of drug-likeness (QED) is 0.582. The molecule has 1 aromatic carbocycles. The molecule has 144 valence electrons. The molecule has 0 fully saturated rings. The van der Waals surface area contributed by atoms with Crippen LogP contribution in [0, 0.1) is 6.92 Å². The van der Waals surface area contributed by atoms with Crippen molar-refractivity contribution in [2.45, 2.75) is 37.9 Å². The molecule has 0 spiro atoms. The highest BCUT2D eigenvalue weighted by atomic mass is 32.2. The number of carbonyl (C=O) groups excluding carboxylic acids is 1. The molecule has 0 aliphatic carbocycles. The summed E-state index contributed by atoms with van der Waals surface area (Å²) in [7, 11) is 0. The van der Waals surface area contributed by atoms with Crippen LogP contribution < -0.4 is 20.3 Å². The summed E-state index contributed by atoms with van der Waals surface area (Å²) in [4.78, 5) is 31.5. The smallest absolute Gasteiger partial charge is 0.254 e. The number of amides is 1. The van der Waals surface area contributed by atoms with E-state index in [4.69, 9.17) is 9.47 Å². The molecule has 3 rings (SSSR count). The first-order valence-corrected chi connectivity index (χ1v) is 10.0. The van der Waals surface area contributed by atoms with Crippen molar-refractivity contribution in [2.24, 2.45) is 0 Å². The third-order valence-corrected chi connectivity index (χ3v) is 5.02. The Morgan fingerprint density at radius 1 is 1.33 bits per heavy atom. The maximum atomic E-state index is 12.3. The zero-order valence-corrected chi connectivity index (χ0v) is 16.4. The molecule has 1 aromatic heterocycles. The minimum Gasteiger partial charge on any atom is -0.486 e. The Morgan fingerprint density at radius 3 is 2.78 bits per heavy atom. The van der Waals surface area contributed by atoms with Gasteiger partial charge in [0.05, 0.1) is 6.04 Å². The van der Waals surface area contributed by atoms with Crippen LogP contribution in [0.4, 0.5) is 0 Å². The van der Waals surface area contributed by atoms with Crippen LogP contribution in [0.5, 0.6) is 11.5 Å². The molecular formula is C19H23N3O4S. The Morgan fingerprint density at radius 2 is 2.07 bits per heavy atom. The van der Waals surface area contributed by atoms with Gasteiger partial charge in [-0.2, -0.15) is 0 Å². The molecule has 8 heteroatoms. The zero-order valence-electron chi connectivity index (χ0n) is 15.6. The van der Waals surface area contributed by atoms with Gasteiger partial charge in [0.15, 0.2) is 16.7 Å². The fourth-order valence-electron chi connectivity index (χ4n) is 2.94. The zero-order chi connectivity index (χ0) is 19.4. The van der Waals surface area contributed by atoms with Crippen molar-refractivity contribution in [3.63, 3.8) is 0 Å². The van der Waals surface area contributed by atoms with Crippen LogP contribution in [0.3, 0.4) is 0 Å². The number of rotatable bonds is 6. The van der Waals surface area contributed by atoms with Crippen LogP contribution in [0.1, 0.15) is 36.2 Å². The molecule has 0 unspecified atom stereocenters. The lowest BCUT2D eigenvalue weighted by molar-refractivity contribution is -0.121. The van der Waals surface area contributed by atoms with Crippen molar-refractivity contribution in [3.05, 3.63) is 45.4 Å². The van der Waals surface area contributed by atoms with Crippen LogP contribution in [0.25, 0.3) is 0 Å². The minimum absolute atomic E-state index is 0.120. The van der Waals surface area contributed by atoms with E-state index in [2.05, 4.69) is 15.3 Å². The van der Waals surface area contributed by atoms with Gasteiger partial charge in [0.2, 0.25) is 5.91 Å². The number of H-pyrrole nitrogens is 1. The fraction of sp³-hybridized carbons (Fsp3) is 0.421. The number of nitrogens with zero attached hydrogens (tertiary/aromatic N) is 1. The average Bonchev–Trinajstić information content (AvgIpc) is 2.66. The van der Waals surface area contributed by atoms with Crippen molar-refractivity contribution < 1.29 is 14.3 Å². The van der Waals surface area contributed by atoms with E-state index in [1.807, 2.05) is 31.4 Å². The summed E-state index contributed by atoms with van der Waals surface area (Å²) in [6.07, 6.45) is 2.42.